The number of rotatable bonds is 2. The van der Waals surface area contributed by atoms with Gasteiger partial charge in [-0.2, -0.15) is 11.8 Å². The Balaban J connectivity index is 1.89. The second-order valence-electron chi connectivity index (χ2n) is 4.56. The number of amides is 1. The van der Waals surface area contributed by atoms with Gasteiger partial charge in [0.25, 0.3) is 5.91 Å². The lowest BCUT2D eigenvalue weighted by Gasteiger charge is -2.33. The average molecular weight is 294 g/mol. The van der Waals surface area contributed by atoms with E-state index in [0.29, 0.717) is 6.54 Å². The number of hydrogen-bond acceptors (Lipinski definition) is 5. The Morgan fingerprint density at radius 2 is 2.40 bits per heavy atom. The van der Waals surface area contributed by atoms with Crippen molar-refractivity contribution >= 4 is 17.7 Å². The number of hydrogen-bond donors (Lipinski definition) is 2. The van der Waals surface area contributed by atoms with E-state index in [-0.39, 0.29) is 17.8 Å². The molecular formula is C12H14N4O3S. The van der Waals surface area contributed by atoms with Crippen LogP contribution < -0.4 is 5.69 Å². The van der Waals surface area contributed by atoms with Crippen molar-refractivity contribution in [1.82, 2.24) is 20.1 Å². The summed E-state index contributed by atoms with van der Waals surface area (Å²) >= 11 is 1.77. The number of aryl methyl sites for hydroxylation is 1. The zero-order valence-electron chi connectivity index (χ0n) is 10.9. The van der Waals surface area contributed by atoms with Gasteiger partial charge in [0.2, 0.25) is 5.82 Å². The highest BCUT2D eigenvalue weighted by Gasteiger charge is 2.32. The van der Waals surface area contributed by atoms with E-state index in [2.05, 4.69) is 15.2 Å². The van der Waals surface area contributed by atoms with E-state index < -0.39 is 5.69 Å². The first-order chi connectivity index (χ1) is 9.65. The normalized spacial score (nSPS) is 19.2. The van der Waals surface area contributed by atoms with Crippen molar-refractivity contribution < 1.29 is 9.21 Å². The van der Waals surface area contributed by atoms with Gasteiger partial charge >= 0.3 is 5.69 Å². The summed E-state index contributed by atoms with van der Waals surface area (Å²) in [7, 11) is 0. The largest absolute Gasteiger partial charge is 0.464 e. The van der Waals surface area contributed by atoms with Crippen LogP contribution in [0.1, 0.15) is 28.2 Å². The third-order valence-electron chi connectivity index (χ3n) is 3.18. The maximum Gasteiger partial charge on any atom is 0.341 e. The highest BCUT2D eigenvalue weighted by atomic mass is 32.2. The molecule has 1 fully saturated rings. The Morgan fingerprint density at radius 3 is 3.05 bits per heavy atom. The minimum absolute atomic E-state index is 0.0372. The van der Waals surface area contributed by atoms with Gasteiger partial charge in [-0.25, -0.2) is 9.89 Å². The zero-order valence-corrected chi connectivity index (χ0v) is 11.7. The fraction of sp³-hybridized carbons (Fsp3) is 0.417. The summed E-state index contributed by atoms with van der Waals surface area (Å²) < 4.78 is 5.64. The van der Waals surface area contributed by atoms with Crippen LogP contribution in [0.15, 0.2) is 21.3 Å². The molecule has 3 rings (SSSR count). The number of thioether (sulfide) groups is 1. The third kappa shape index (κ3) is 2.38. The average Bonchev–Trinajstić information content (AvgIpc) is 3.07. The Hall–Kier alpha value is -1.96. The van der Waals surface area contributed by atoms with Crippen molar-refractivity contribution in [2.75, 3.05) is 18.1 Å². The van der Waals surface area contributed by atoms with Gasteiger partial charge < -0.3 is 9.32 Å². The third-order valence-corrected chi connectivity index (χ3v) is 4.21. The first kappa shape index (κ1) is 13.0. The SMILES string of the molecule is Cc1ccc(C2CSCCN2C(=O)c2n[nH]c(=O)[nH]2)o1. The van der Waals surface area contributed by atoms with Gasteiger partial charge in [-0.05, 0) is 19.1 Å². The van der Waals surface area contributed by atoms with Gasteiger partial charge in [0.15, 0.2) is 0 Å². The first-order valence-electron chi connectivity index (χ1n) is 6.25. The molecule has 8 heteroatoms. The Labute approximate surface area is 118 Å². The molecular weight excluding hydrogens is 280 g/mol. The first-order valence-corrected chi connectivity index (χ1v) is 7.40. The lowest BCUT2D eigenvalue weighted by atomic mass is 10.2. The Morgan fingerprint density at radius 1 is 1.55 bits per heavy atom. The fourth-order valence-electron chi connectivity index (χ4n) is 2.22. The molecule has 0 radical (unpaired) electrons. The zero-order chi connectivity index (χ0) is 14.1. The number of nitrogens with one attached hydrogen (secondary N) is 2. The molecule has 1 atom stereocenters. The van der Waals surface area contributed by atoms with E-state index >= 15 is 0 Å². The van der Waals surface area contributed by atoms with E-state index in [1.165, 1.54) is 0 Å². The number of carbonyl (C=O) groups excluding carboxylic acids is 1. The van der Waals surface area contributed by atoms with Gasteiger partial charge in [0.05, 0.1) is 6.04 Å². The highest BCUT2D eigenvalue weighted by molar-refractivity contribution is 7.99. The smallest absolute Gasteiger partial charge is 0.341 e. The maximum atomic E-state index is 12.4. The van der Waals surface area contributed by atoms with Gasteiger partial charge in [0, 0.05) is 18.1 Å². The van der Waals surface area contributed by atoms with Gasteiger partial charge in [-0.1, -0.05) is 0 Å². The lowest BCUT2D eigenvalue weighted by molar-refractivity contribution is 0.0669. The van der Waals surface area contributed by atoms with Crippen molar-refractivity contribution in [2.45, 2.75) is 13.0 Å². The van der Waals surface area contributed by atoms with Crippen LogP contribution in [0, 0.1) is 6.92 Å². The molecule has 0 bridgehead atoms. The second kappa shape index (κ2) is 5.20. The summed E-state index contributed by atoms with van der Waals surface area (Å²) in [6.45, 7) is 2.47. The van der Waals surface area contributed by atoms with Crippen molar-refractivity contribution in [3.05, 3.63) is 40.0 Å². The highest BCUT2D eigenvalue weighted by Crippen LogP contribution is 2.31. The Bertz CT molecular complexity index is 674. The van der Waals surface area contributed by atoms with Crippen molar-refractivity contribution in [3.63, 3.8) is 0 Å². The van der Waals surface area contributed by atoms with E-state index in [0.717, 1.165) is 23.0 Å². The topological polar surface area (TPSA) is 95.0 Å². The molecule has 1 saturated heterocycles. The van der Waals surface area contributed by atoms with Crippen LogP contribution in [-0.4, -0.2) is 44.0 Å². The van der Waals surface area contributed by atoms with Crippen LogP contribution in [0.2, 0.25) is 0 Å². The molecule has 1 amide bonds. The quantitative estimate of drug-likeness (QED) is 0.859. The summed E-state index contributed by atoms with van der Waals surface area (Å²) in [5, 5.41) is 5.91. The fourth-order valence-corrected chi connectivity index (χ4v) is 3.28. The van der Waals surface area contributed by atoms with Crippen LogP contribution in [-0.2, 0) is 0 Å². The van der Waals surface area contributed by atoms with E-state index in [1.807, 2.05) is 19.1 Å². The molecule has 0 aromatic carbocycles. The molecule has 1 aliphatic heterocycles. The molecule has 1 unspecified atom stereocenters. The van der Waals surface area contributed by atoms with Crippen molar-refractivity contribution in [2.24, 2.45) is 0 Å². The molecule has 2 aromatic rings. The van der Waals surface area contributed by atoms with Crippen LogP contribution in [0.4, 0.5) is 0 Å². The van der Waals surface area contributed by atoms with Gasteiger partial charge in [-0.15, -0.1) is 5.10 Å². The lowest BCUT2D eigenvalue weighted by Crippen LogP contribution is -2.41. The standard InChI is InChI=1S/C12H14N4O3S/c1-7-2-3-9(19-7)8-6-20-5-4-16(8)11(17)10-13-12(18)15-14-10/h2-3,8H,4-6H2,1H3,(H2,13,14,15,18). The molecule has 3 heterocycles. The van der Waals surface area contributed by atoms with E-state index in [9.17, 15) is 9.59 Å². The molecule has 2 N–H and O–H groups in total. The molecule has 1 aliphatic rings. The van der Waals surface area contributed by atoms with Crippen LogP contribution in [0.3, 0.4) is 0 Å². The maximum absolute atomic E-state index is 12.4. The summed E-state index contributed by atoms with van der Waals surface area (Å²) in [5.41, 5.74) is -0.481. The minimum Gasteiger partial charge on any atom is -0.464 e. The number of carbonyl (C=O) groups is 1. The molecule has 0 spiro atoms. The van der Waals surface area contributed by atoms with Crippen LogP contribution >= 0.6 is 11.8 Å². The minimum atomic E-state index is -0.481. The number of H-pyrrole nitrogens is 2. The van der Waals surface area contributed by atoms with Crippen LogP contribution in [0.5, 0.6) is 0 Å². The van der Waals surface area contributed by atoms with Crippen molar-refractivity contribution in [3.8, 4) is 0 Å². The predicted molar refractivity (Wildman–Crippen MR) is 73.8 cm³/mol. The van der Waals surface area contributed by atoms with Crippen molar-refractivity contribution in [1.29, 1.82) is 0 Å². The monoisotopic (exact) mass is 294 g/mol. The van der Waals surface area contributed by atoms with E-state index in [4.69, 9.17) is 4.42 Å². The number of aromatic amines is 2. The molecule has 2 aromatic heterocycles. The molecule has 20 heavy (non-hydrogen) atoms. The summed E-state index contributed by atoms with van der Waals surface area (Å²) in [5.74, 6) is 2.96. The van der Waals surface area contributed by atoms with Gasteiger partial charge in [0.1, 0.15) is 11.5 Å². The predicted octanol–water partition coefficient (Wildman–Crippen LogP) is 0.930. The molecule has 7 nitrogen and oxygen atoms in total. The molecule has 0 saturated carbocycles. The molecule has 106 valence electrons. The molecule has 0 aliphatic carbocycles. The second-order valence-corrected chi connectivity index (χ2v) is 5.71. The number of furan rings is 1. The van der Waals surface area contributed by atoms with Gasteiger partial charge in [-0.3, -0.25) is 9.78 Å². The van der Waals surface area contributed by atoms with E-state index in [1.54, 1.807) is 16.7 Å². The summed E-state index contributed by atoms with van der Waals surface area (Å²) in [4.78, 5) is 27.6. The summed E-state index contributed by atoms with van der Waals surface area (Å²) in [6, 6.07) is 3.64. The number of aromatic nitrogens is 3. The Kier molecular flexibility index (Phi) is 3.39. The van der Waals surface area contributed by atoms with Crippen LogP contribution in [0.25, 0.3) is 0 Å². The number of nitrogens with zero attached hydrogens (tertiary/aromatic N) is 2. The summed E-state index contributed by atoms with van der Waals surface area (Å²) in [6.07, 6.45) is 0.